The highest BCUT2D eigenvalue weighted by Gasteiger charge is 2.34. The molecule has 2 aromatic rings. The summed E-state index contributed by atoms with van der Waals surface area (Å²) in [5.41, 5.74) is -0.364. The van der Waals surface area contributed by atoms with Gasteiger partial charge >= 0.3 is 6.36 Å². The zero-order valence-corrected chi connectivity index (χ0v) is 9.64. The molecule has 0 unspecified atom stereocenters. The van der Waals surface area contributed by atoms with Crippen molar-refractivity contribution >= 4 is 0 Å². The Kier molecular flexibility index (Phi) is 3.61. The standard InChI is InChI=1S/C13H6F6O/c14-9-4-2-1-3-8(9)7-5-10(15)12(11(16)6-7)20-13(17,18)19/h1-6H. The first kappa shape index (κ1) is 14.2. The van der Waals surface area contributed by atoms with E-state index >= 15 is 0 Å². The van der Waals surface area contributed by atoms with Gasteiger partial charge in [0.05, 0.1) is 0 Å². The van der Waals surface area contributed by atoms with Crippen molar-refractivity contribution in [3.05, 3.63) is 53.8 Å². The summed E-state index contributed by atoms with van der Waals surface area (Å²) in [5.74, 6) is -5.46. The Morgan fingerprint density at radius 2 is 1.35 bits per heavy atom. The number of alkyl halides is 3. The summed E-state index contributed by atoms with van der Waals surface area (Å²) < 4.78 is 79.6. The van der Waals surface area contributed by atoms with Crippen molar-refractivity contribution < 1.29 is 31.1 Å². The Bertz CT molecular complexity index is 612. The van der Waals surface area contributed by atoms with Gasteiger partial charge in [0.2, 0.25) is 5.75 Å². The van der Waals surface area contributed by atoms with Gasteiger partial charge in [-0.1, -0.05) is 18.2 Å². The molecule has 0 aliphatic heterocycles. The number of benzene rings is 2. The largest absolute Gasteiger partial charge is 0.573 e. The average molecular weight is 292 g/mol. The van der Waals surface area contributed by atoms with E-state index in [-0.39, 0.29) is 11.1 Å². The van der Waals surface area contributed by atoms with Crippen LogP contribution >= 0.6 is 0 Å². The summed E-state index contributed by atoms with van der Waals surface area (Å²) in [6.45, 7) is 0. The van der Waals surface area contributed by atoms with E-state index in [1.807, 2.05) is 0 Å². The SMILES string of the molecule is Fc1ccccc1-c1cc(F)c(OC(F)(F)F)c(F)c1. The van der Waals surface area contributed by atoms with E-state index in [0.717, 1.165) is 6.07 Å². The summed E-state index contributed by atoms with van der Waals surface area (Å²) in [6.07, 6.45) is -5.22. The van der Waals surface area contributed by atoms with E-state index in [4.69, 9.17) is 0 Å². The van der Waals surface area contributed by atoms with Gasteiger partial charge in [-0.2, -0.15) is 0 Å². The maximum atomic E-state index is 13.5. The van der Waals surface area contributed by atoms with Gasteiger partial charge in [0.25, 0.3) is 0 Å². The first-order valence-electron chi connectivity index (χ1n) is 5.27. The highest BCUT2D eigenvalue weighted by molar-refractivity contribution is 5.65. The average Bonchev–Trinajstić information content (AvgIpc) is 2.33. The van der Waals surface area contributed by atoms with Crippen LogP contribution in [0.1, 0.15) is 0 Å². The van der Waals surface area contributed by atoms with Gasteiger partial charge in [0.15, 0.2) is 11.6 Å². The van der Waals surface area contributed by atoms with Crippen molar-refractivity contribution in [2.45, 2.75) is 6.36 Å². The summed E-state index contributed by atoms with van der Waals surface area (Å²) >= 11 is 0. The Hall–Kier alpha value is -2.18. The van der Waals surface area contributed by atoms with Crippen molar-refractivity contribution in [3.8, 4) is 16.9 Å². The van der Waals surface area contributed by atoms with Crippen molar-refractivity contribution in [3.63, 3.8) is 0 Å². The lowest BCUT2D eigenvalue weighted by Crippen LogP contribution is -2.19. The number of halogens is 6. The smallest absolute Gasteiger partial charge is 0.399 e. The first-order chi connectivity index (χ1) is 9.28. The second-order valence-electron chi connectivity index (χ2n) is 3.80. The third-order valence-corrected chi connectivity index (χ3v) is 2.40. The number of ether oxygens (including phenoxy) is 1. The number of hydrogen-bond donors (Lipinski definition) is 0. The molecule has 1 nitrogen and oxygen atoms in total. The summed E-state index contributed by atoms with van der Waals surface area (Å²) in [6, 6.07) is 6.24. The molecular formula is C13H6F6O. The highest BCUT2D eigenvalue weighted by Crippen LogP contribution is 2.33. The van der Waals surface area contributed by atoms with Crippen molar-refractivity contribution in [2.24, 2.45) is 0 Å². The van der Waals surface area contributed by atoms with Crippen molar-refractivity contribution in [1.82, 2.24) is 0 Å². The van der Waals surface area contributed by atoms with Gasteiger partial charge in [-0.3, -0.25) is 0 Å². The normalized spacial score (nSPS) is 11.5. The summed E-state index contributed by atoms with van der Waals surface area (Å²) in [5, 5.41) is 0. The van der Waals surface area contributed by atoms with Gasteiger partial charge in [0, 0.05) is 5.56 Å². The van der Waals surface area contributed by atoms with Crippen LogP contribution in [0, 0.1) is 17.5 Å². The first-order valence-corrected chi connectivity index (χ1v) is 5.27. The molecule has 106 valence electrons. The third kappa shape index (κ3) is 3.04. The second kappa shape index (κ2) is 5.07. The van der Waals surface area contributed by atoms with Gasteiger partial charge in [-0.25, -0.2) is 13.2 Å². The Morgan fingerprint density at radius 3 is 1.85 bits per heavy atom. The van der Waals surface area contributed by atoms with E-state index in [2.05, 4.69) is 4.74 Å². The fourth-order valence-electron chi connectivity index (χ4n) is 1.62. The Morgan fingerprint density at radius 1 is 0.800 bits per heavy atom. The fourth-order valence-corrected chi connectivity index (χ4v) is 1.62. The molecule has 0 saturated heterocycles. The minimum absolute atomic E-state index is 0.135. The van der Waals surface area contributed by atoms with Crippen LogP contribution in [0.5, 0.6) is 5.75 Å². The molecule has 20 heavy (non-hydrogen) atoms. The molecule has 0 aliphatic carbocycles. The molecule has 0 fully saturated rings. The van der Waals surface area contributed by atoms with E-state index < -0.39 is 29.6 Å². The van der Waals surface area contributed by atoms with Crippen LogP contribution in [0.25, 0.3) is 11.1 Å². The van der Waals surface area contributed by atoms with E-state index in [1.54, 1.807) is 0 Å². The molecule has 0 spiro atoms. The molecule has 0 aromatic heterocycles. The molecule has 0 aliphatic rings. The topological polar surface area (TPSA) is 9.23 Å². The van der Waals surface area contributed by atoms with Crippen LogP contribution < -0.4 is 4.74 Å². The molecule has 0 radical (unpaired) electrons. The predicted octanol–water partition coefficient (Wildman–Crippen LogP) is 4.67. The van der Waals surface area contributed by atoms with Crippen molar-refractivity contribution in [2.75, 3.05) is 0 Å². The Balaban J connectivity index is 2.48. The molecule has 7 heteroatoms. The quantitative estimate of drug-likeness (QED) is 0.731. The van der Waals surface area contributed by atoms with Crippen LogP contribution in [0.4, 0.5) is 26.3 Å². The molecule has 0 atom stereocenters. The minimum Gasteiger partial charge on any atom is -0.399 e. The summed E-state index contributed by atoms with van der Waals surface area (Å²) in [7, 11) is 0. The molecule has 2 rings (SSSR count). The van der Waals surface area contributed by atoms with Crippen molar-refractivity contribution in [1.29, 1.82) is 0 Å². The lowest BCUT2D eigenvalue weighted by molar-refractivity contribution is -0.276. The molecule has 0 saturated carbocycles. The predicted molar refractivity (Wildman–Crippen MR) is 58.4 cm³/mol. The monoisotopic (exact) mass is 292 g/mol. The lowest BCUT2D eigenvalue weighted by Gasteiger charge is -2.12. The van der Waals surface area contributed by atoms with E-state index in [1.165, 1.54) is 18.2 Å². The summed E-state index contributed by atoms with van der Waals surface area (Å²) in [4.78, 5) is 0. The zero-order valence-electron chi connectivity index (χ0n) is 9.64. The Labute approximate surface area is 109 Å². The van der Waals surface area contributed by atoms with E-state index in [0.29, 0.717) is 12.1 Å². The molecular weight excluding hydrogens is 286 g/mol. The maximum absolute atomic E-state index is 13.5. The molecule has 0 N–H and O–H groups in total. The van der Waals surface area contributed by atoms with Crippen LogP contribution in [0.3, 0.4) is 0 Å². The van der Waals surface area contributed by atoms with Crippen LogP contribution in [0.2, 0.25) is 0 Å². The lowest BCUT2D eigenvalue weighted by atomic mass is 10.0. The van der Waals surface area contributed by atoms with Crippen LogP contribution in [0.15, 0.2) is 36.4 Å². The van der Waals surface area contributed by atoms with Crippen LogP contribution in [-0.4, -0.2) is 6.36 Å². The zero-order chi connectivity index (χ0) is 14.9. The number of hydrogen-bond acceptors (Lipinski definition) is 1. The minimum atomic E-state index is -5.22. The van der Waals surface area contributed by atoms with Crippen LogP contribution in [-0.2, 0) is 0 Å². The van der Waals surface area contributed by atoms with Gasteiger partial charge in [-0.05, 0) is 23.8 Å². The van der Waals surface area contributed by atoms with Gasteiger partial charge < -0.3 is 4.74 Å². The molecule has 0 heterocycles. The number of rotatable bonds is 2. The van der Waals surface area contributed by atoms with E-state index in [9.17, 15) is 26.3 Å². The second-order valence-corrected chi connectivity index (χ2v) is 3.80. The van der Waals surface area contributed by atoms with Gasteiger partial charge in [-0.15, -0.1) is 13.2 Å². The third-order valence-electron chi connectivity index (χ3n) is 2.40. The highest BCUT2D eigenvalue weighted by atomic mass is 19.4. The molecule has 0 amide bonds. The maximum Gasteiger partial charge on any atom is 0.573 e. The van der Waals surface area contributed by atoms with Gasteiger partial charge in [0.1, 0.15) is 5.82 Å². The molecule has 0 bridgehead atoms. The fraction of sp³-hybridized carbons (Fsp3) is 0.0769. The molecule has 2 aromatic carbocycles.